The maximum atomic E-state index is 12.6. The molecule has 2 saturated heterocycles. The third kappa shape index (κ3) is 6.49. The van der Waals surface area contributed by atoms with Crippen molar-refractivity contribution in [2.45, 2.75) is 32.2 Å². The summed E-state index contributed by atoms with van der Waals surface area (Å²) in [6.07, 6.45) is 4.60. The lowest BCUT2D eigenvalue weighted by molar-refractivity contribution is -0.135. The maximum absolute atomic E-state index is 12.6. The number of piperidine rings is 1. The number of hydrogen-bond donors (Lipinski definition) is 1. The average Bonchev–Trinajstić information content (AvgIpc) is 2.67. The first-order valence-electron chi connectivity index (χ1n) is 9.55. The molecule has 3 rings (SSSR count). The Labute approximate surface area is 175 Å². The van der Waals surface area contributed by atoms with E-state index in [1.165, 1.54) is 0 Å². The zero-order valence-electron chi connectivity index (χ0n) is 16.1. The van der Waals surface area contributed by atoms with Crippen molar-refractivity contribution >= 4 is 36.5 Å². The zero-order chi connectivity index (χ0) is 17.6. The van der Waals surface area contributed by atoms with Crippen LogP contribution >= 0.6 is 24.8 Å². The molecule has 2 aliphatic heterocycles. The van der Waals surface area contributed by atoms with Gasteiger partial charge in [-0.05, 0) is 30.9 Å². The molecule has 2 atom stereocenters. The number of nitrogens with two attached hydrogens (primary N) is 1. The van der Waals surface area contributed by atoms with Gasteiger partial charge in [0.1, 0.15) is 5.82 Å². The lowest BCUT2D eigenvalue weighted by Gasteiger charge is -2.39. The lowest BCUT2D eigenvalue weighted by Crippen LogP contribution is -2.51. The molecule has 0 bridgehead atoms. The Morgan fingerprint density at radius 1 is 1.19 bits per heavy atom. The van der Waals surface area contributed by atoms with Crippen molar-refractivity contribution in [1.82, 2.24) is 14.8 Å². The number of likely N-dealkylation sites (tertiary alicyclic amines) is 1. The summed E-state index contributed by atoms with van der Waals surface area (Å²) in [6, 6.07) is 6.27. The fourth-order valence-electron chi connectivity index (χ4n) is 3.94. The molecular formula is C19H33Cl2N5O. The van der Waals surface area contributed by atoms with Gasteiger partial charge in [-0.15, -0.1) is 24.8 Å². The minimum absolute atomic E-state index is 0. The number of nitrogens with zero attached hydrogens (tertiary/aromatic N) is 4. The molecule has 1 aromatic heterocycles. The highest BCUT2D eigenvalue weighted by molar-refractivity contribution is 5.85. The molecule has 0 saturated carbocycles. The van der Waals surface area contributed by atoms with Crippen molar-refractivity contribution in [3.05, 3.63) is 24.4 Å². The third-order valence-corrected chi connectivity index (χ3v) is 5.56. The van der Waals surface area contributed by atoms with Crippen LogP contribution in [0.25, 0.3) is 0 Å². The molecule has 0 aromatic carbocycles. The van der Waals surface area contributed by atoms with E-state index < -0.39 is 0 Å². The van der Waals surface area contributed by atoms with Crippen molar-refractivity contribution in [1.29, 1.82) is 0 Å². The molecule has 2 N–H and O–H groups in total. The van der Waals surface area contributed by atoms with Gasteiger partial charge >= 0.3 is 0 Å². The molecule has 1 aromatic rings. The third-order valence-electron chi connectivity index (χ3n) is 5.56. The first kappa shape index (κ1) is 24.0. The van der Waals surface area contributed by atoms with Gasteiger partial charge in [0, 0.05) is 64.5 Å². The quantitative estimate of drug-likeness (QED) is 0.793. The Kier molecular flexibility index (Phi) is 10.4. The largest absolute Gasteiger partial charge is 0.354 e. The summed E-state index contributed by atoms with van der Waals surface area (Å²) in [6.45, 7) is 8.47. The Morgan fingerprint density at radius 2 is 1.93 bits per heavy atom. The van der Waals surface area contributed by atoms with Crippen molar-refractivity contribution in [3.8, 4) is 0 Å². The van der Waals surface area contributed by atoms with Gasteiger partial charge in [0.2, 0.25) is 5.91 Å². The van der Waals surface area contributed by atoms with Crippen molar-refractivity contribution < 1.29 is 4.79 Å². The second kappa shape index (κ2) is 11.7. The van der Waals surface area contributed by atoms with E-state index >= 15 is 0 Å². The topological polar surface area (TPSA) is 65.7 Å². The number of hydrogen-bond acceptors (Lipinski definition) is 5. The number of piperazine rings is 1. The smallest absolute Gasteiger partial charge is 0.224 e. The number of halogens is 2. The van der Waals surface area contributed by atoms with Gasteiger partial charge in [-0.2, -0.15) is 0 Å². The van der Waals surface area contributed by atoms with E-state index in [1.54, 1.807) is 0 Å². The van der Waals surface area contributed by atoms with Gasteiger partial charge < -0.3 is 15.5 Å². The van der Waals surface area contributed by atoms with E-state index in [0.717, 1.165) is 57.9 Å². The number of aromatic nitrogens is 1. The summed E-state index contributed by atoms with van der Waals surface area (Å²) in [5.74, 6) is 2.00. The molecule has 0 aliphatic carbocycles. The van der Waals surface area contributed by atoms with E-state index in [9.17, 15) is 4.79 Å². The van der Waals surface area contributed by atoms with E-state index in [1.807, 2.05) is 23.2 Å². The summed E-state index contributed by atoms with van der Waals surface area (Å²) in [5, 5.41) is 0. The van der Waals surface area contributed by atoms with Crippen LogP contribution in [0, 0.1) is 5.92 Å². The molecule has 0 spiro atoms. The molecular weight excluding hydrogens is 385 g/mol. The highest BCUT2D eigenvalue weighted by Crippen LogP contribution is 2.22. The van der Waals surface area contributed by atoms with Crippen molar-refractivity contribution in [3.63, 3.8) is 0 Å². The Hall–Kier alpha value is -1.08. The summed E-state index contributed by atoms with van der Waals surface area (Å²) >= 11 is 0. The molecule has 27 heavy (non-hydrogen) atoms. The molecule has 2 fully saturated rings. The summed E-state index contributed by atoms with van der Waals surface area (Å²) in [7, 11) is 0. The van der Waals surface area contributed by atoms with Gasteiger partial charge in [-0.25, -0.2) is 4.98 Å². The Bertz CT molecular complexity index is 554. The highest BCUT2D eigenvalue weighted by atomic mass is 35.5. The standard InChI is InChI=1S/C19H31N5O.2ClH/c1-16-5-9-24(17(14-16)15-20)19(25)6-8-22-10-12-23(13-11-22)18-4-2-3-7-21-18;;/h2-4,7,16-17H,5-6,8-15,20H2,1H3;2*1H. The summed E-state index contributed by atoms with van der Waals surface area (Å²) < 4.78 is 0. The maximum Gasteiger partial charge on any atom is 0.224 e. The van der Waals surface area contributed by atoms with Gasteiger partial charge in [0.15, 0.2) is 0 Å². The van der Waals surface area contributed by atoms with Crippen LogP contribution in [-0.2, 0) is 4.79 Å². The predicted molar refractivity (Wildman–Crippen MR) is 115 cm³/mol. The van der Waals surface area contributed by atoms with E-state index in [2.05, 4.69) is 27.8 Å². The van der Waals surface area contributed by atoms with Gasteiger partial charge in [-0.3, -0.25) is 9.69 Å². The van der Waals surface area contributed by atoms with Crippen LogP contribution < -0.4 is 10.6 Å². The minimum Gasteiger partial charge on any atom is -0.354 e. The first-order valence-corrected chi connectivity index (χ1v) is 9.55. The van der Waals surface area contributed by atoms with Crippen LogP contribution in [0.3, 0.4) is 0 Å². The minimum atomic E-state index is 0. The molecule has 154 valence electrons. The molecule has 0 radical (unpaired) electrons. The first-order chi connectivity index (χ1) is 12.2. The Balaban J connectivity index is 0.00000182. The van der Waals surface area contributed by atoms with E-state index in [-0.39, 0.29) is 36.8 Å². The average molecular weight is 418 g/mol. The fourth-order valence-corrected chi connectivity index (χ4v) is 3.94. The zero-order valence-corrected chi connectivity index (χ0v) is 17.8. The molecule has 2 unspecified atom stereocenters. The number of amides is 1. The number of rotatable bonds is 5. The van der Waals surface area contributed by atoms with Crippen LogP contribution in [0.1, 0.15) is 26.2 Å². The monoisotopic (exact) mass is 417 g/mol. The molecule has 2 aliphatic rings. The molecule has 8 heteroatoms. The second-order valence-corrected chi connectivity index (χ2v) is 7.37. The highest BCUT2D eigenvalue weighted by Gasteiger charge is 2.29. The van der Waals surface area contributed by atoms with Gasteiger partial charge in [0.25, 0.3) is 0 Å². The number of anilines is 1. The van der Waals surface area contributed by atoms with E-state index in [4.69, 9.17) is 5.73 Å². The Morgan fingerprint density at radius 3 is 2.56 bits per heavy atom. The van der Waals surface area contributed by atoms with Gasteiger partial charge in [-0.1, -0.05) is 13.0 Å². The van der Waals surface area contributed by atoms with Crippen LogP contribution in [0.15, 0.2) is 24.4 Å². The van der Waals surface area contributed by atoms with Crippen LogP contribution in [0.2, 0.25) is 0 Å². The number of pyridine rings is 1. The predicted octanol–water partition coefficient (Wildman–Crippen LogP) is 2.02. The SMILES string of the molecule is CC1CCN(C(=O)CCN2CCN(c3ccccn3)CC2)C(CN)C1.Cl.Cl. The van der Waals surface area contributed by atoms with Crippen molar-refractivity contribution in [2.75, 3.05) is 50.7 Å². The lowest BCUT2D eigenvalue weighted by atomic mass is 9.92. The van der Waals surface area contributed by atoms with Crippen LogP contribution in [-0.4, -0.2) is 72.5 Å². The molecule has 3 heterocycles. The summed E-state index contributed by atoms with van der Waals surface area (Å²) in [5.41, 5.74) is 5.89. The summed E-state index contributed by atoms with van der Waals surface area (Å²) in [4.78, 5) is 23.8. The number of carbonyl (C=O) groups is 1. The van der Waals surface area contributed by atoms with Crippen molar-refractivity contribution in [2.24, 2.45) is 11.7 Å². The van der Waals surface area contributed by atoms with Gasteiger partial charge in [0.05, 0.1) is 0 Å². The van der Waals surface area contributed by atoms with E-state index in [0.29, 0.717) is 18.9 Å². The van der Waals surface area contributed by atoms with Crippen LogP contribution in [0.5, 0.6) is 0 Å². The normalized spacial score (nSPS) is 23.3. The second-order valence-electron chi connectivity index (χ2n) is 7.37. The molecule has 6 nitrogen and oxygen atoms in total. The molecule has 1 amide bonds. The van der Waals surface area contributed by atoms with Crippen LogP contribution in [0.4, 0.5) is 5.82 Å². The fraction of sp³-hybridized carbons (Fsp3) is 0.684. The number of carbonyl (C=O) groups excluding carboxylic acids is 1.